The van der Waals surface area contributed by atoms with Crippen LogP contribution in [0.15, 0.2) is 72.4 Å². The minimum atomic E-state index is -0.512. The lowest BCUT2D eigenvalue weighted by molar-refractivity contribution is -0.385. The maximum Gasteiger partial charge on any atom is 0.287 e. The van der Waals surface area contributed by atoms with E-state index < -0.39 is 4.92 Å². The molecule has 0 N–H and O–H groups in total. The van der Waals surface area contributed by atoms with Gasteiger partial charge in [0.15, 0.2) is 17.3 Å². The summed E-state index contributed by atoms with van der Waals surface area (Å²) in [6, 6.07) is 7.93. The first-order chi connectivity index (χ1) is 12.7. The minimum Gasteiger partial charge on any atom is -0.457 e. The van der Waals surface area contributed by atoms with Gasteiger partial charge < -0.3 is 14.2 Å². The summed E-state index contributed by atoms with van der Waals surface area (Å²) in [6.07, 6.45) is 10.8. The van der Waals surface area contributed by atoms with Gasteiger partial charge in [0.05, 0.1) is 4.92 Å². The third kappa shape index (κ3) is 3.27. The van der Waals surface area contributed by atoms with Crippen LogP contribution in [0.1, 0.15) is 12.8 Å². The molecule has 26 heavy (non-hydrogen) atoms. The normalized spacial score (nSPS) is 15.1. The van der Waals surface area contributed by atoms with Gasteiger partial charge in [0.25, 0.3) is 5.69 Å². The van der Waals surface area contributed by atoms with E-state index in [2.05, 4.69) is 11.1 Å². The number of nitrogens with zero attached hydrogens (tertiary/aromatic N) is 2. The van der Waals surface area contributed by atoms with Gasteiger partial charge in [-0.15, -0.1) is 0 Å². The summed E-state index contributed by atoms with van der Waals surface area (Å²) in [5.74, 6) is 2.57. The quantitative estimate of drug-likeness (QED) is 0.588. The highest BCUT2D eigenvalue weighted by molar-refractivity contribution is 5.50. The standard InChI is InChI=1S/C19H14N2O5/c22-21(23)14-6-9-19(20-11-14)25-15-7-8-16-17(10-15)24-12-18(26-16)13-4-2-1-3-5-13/h1-2,4,6-12H,3,5H2. The van der Waals surface area contributed by atoms with E-state index in [-0.39, 0.29) is 11.6 Å². The van der Waals surface area contributed by atoms with Gasteiger partial charge in [0, 0.05) is 18.2 Å². The molecule has 0 bridgehead atoms. The average molecular weight is 350 g/mol. The predicted molar refractivity (Wildman–Crippen MR) is 93.2 cm³/mol. The molecule has 0 spiro atoms. The average Bonchev–Trinajstić information content (AvgIpc) is 2.69. The lowest BCUT2D eigenvalue weighted by atomic mass is 10.0. The van der Waals surface area contributed by atoms with Crippen LogP contribution in [0.5, 0.6) is 23.1 Å². The lowest BCUT2D eigenvalue weighted by Gasteiger charge is -2.21. The van der Waals surface area contributed by atoms with Gasteiger partial charge in [0.1, 0.15) is 18.2 Å². The smallest absolute Gasteiger partial charge is 0.287 e. The van der Waals surface area contributed by atoms with Gasteiger partial charge in [-0.1, -0.05) is 18.2 Å². The van der Waals surface area contributed by atoms with Crippen LogP contribution in [-0.4, -0.2) is 9.91 Å². The number of ether oxygens (including phenoxy) is 3. The van der Waals surface area contributed by atoms with E-state index in [1.165, 1.54) is 12.1 Å². The van der Waals surface area contributed by atoms with Crippen LogP contribution in [0.2, 0.25) is 0 Å². The number of allylic oxidation sites excluding steroid dienone is 4. The molecular weight excluding hydrogens is 336 g/mol. The highest BCUT2D eigenvalue weighted by Gasteiger charge is 2.19. The zero-order valence-electron chi connectivity index (χ0n) is 13.6. The van der Waals surface area contributed by atoms with Crippen LogP contribution in [0.25, 0.3) is 0 Å². The number of fused-ring (bicyclic) bond motifs is 1. The Morgan fingerprint density at radius 1 is 1.19 bits per heavy atom. The largest absolute Gasteiger partial charge is 0.457 e. The van der Waals surface area contributed by atoms with Crippen molar-refractivity contribution in [1.82, 2.24) is 4.98 Å². The first-order valence-corrected chi connectivity index (χ1v) is 8.02. The summed E-state index contributed by atoms with van der Waals surface area (Å²) in [5, 5.41) is 10.7. The minimum absolute atomic E-state index is 0.0935. The molecule has 1 aromatic carbocycles. The van der Waals surface area contributed by atoms with E-state index in [9.17, 15) is 10.1 Å². The van der Waals surface area contributed by atoms with Gasteiger partial charge in [-0.3, -0.25) is 10.1 Å². The molecule has 1 aromatic heterocycles. The first-order valence-electron chi connectivity index (χ1n) is 8.02. The third-order valence-electron chi connectivity index (χ3n) is 3.91. The molecule has 0 amide bonds. The second-order valence-corrected chi connectivity index (χ2v) is 5.68. The molecule has 2 aliphatic rings. The third-order valence-corrected chi connectivity index (χ3v) is 3.91. The van der Waals surface area contributed by atoms with Gasteiger partial charge >= 0.3 is 0 Å². The fourth-order valence-corrected chi connectivity index (χ4v) is 2.60. The van der Waals surface area contributed by atoms with Crippen LogP contribution < -0.4 is 14.2 Å². The molecule has 1 aliphatic heterocycles. The molecule has 2 heterocycles. The molecule has 0 unspecified atom stereocenters. The number of nitro groups is 1. The molecule has 0 saturated carbocycles. The summed E-state index contributed by atoms with van der Waals surface area (Å²) in [7, 11) is 0. The van der Waals surface area contributed by atoms with Crippen molar-refractivity contribution in [2.24, 2.45) is 0 Å². The molecule has 2 aromatic rings. The van der Waals surface area contributed by atoms with Crippen molar-refractivity contribution in [1.29, 1.82) is 0 Å². The lowest BCUT2D eigenvalue weighted by Crippen LogP contribution is -2.08. The zero-order chi connectivity index (χ0) is 17.9. The van der Waals surface area contributed by atoms with E-state index >= 15 is 0 Å². The Hall–Kier alpha value is -3.61. The second-order valence-electron chi connectivity index (χ2n) is 5.68. The van der Waals surface area contributed by atoms with E-state index in [0.29, 0.717) is 23.0 Å². The topological polar surface area (TPSA) is 83.7 Å². The van der Waals surface area contributed by atoms with Crippen LogP contribution in [-0.2, 0) is 0 Å². The Balaban J connectivity index is 1.49. The van der Waals surface area contributed by atoms with E-state index in [4.69, 9.17) is 14.2 Å². The fourth-order valence-electron chi connectivity index (χ4n) is 2.60. The van der Waals surface area contributed by atoms with Gasteiger partial charge in [-0.05, 0) is 30.5 Å². The zero-order valence-corrected chi connectivity index (χ0v) is 13.6. The summed E-state index contributed by atoms with van der Waals surface area (Å²) >= 11 is 0. The Bertz CT molecular complexity index is 945. The Morgan fingerprint density at radius 2 is 2.12 bits per heavy atom. The second kappa shape index (κ2) is 6.72. The number of hydrogen-bond acceptors (Lipinski definition) is 6. The van der Waals surface area contributed by atoms with Crippen molar-refractivity contribution in [3.05, 3.63) is 82.5 Å². The molecule has 0 fully saturated rings. The van der Waals surface area contributed by atoms with E-state index in [1.807, 2.05) is 12.2 Å². The molecular formula is C19H14N2O5. The van der Waals surface area contributed by atoms with Crippen molar-refractivity contribution < 1.29 is 19.1 Å². The maximum atomic E-state index is 10.7. The molecule has 7 heteroatoms. The molecule has 0 saturated heterocycles. The number of aromatic nitrogens is 1. The number of rotatable bonds is 4. The number of pyridine rings is 1. The van der Waals surface area contributed by atoms with Crippen LogP contribution in [0.4, 0.5) is 5.69 Å². The Kier molecular flexibility index (Phi) is 4.10. The number of hydrogen-bond donors (Lipinski definition) is 0. The molecule has 1 aliphatic carbocycles. The van der Waals surface area contributed by atoms with Crippen LogP contribution >= 0.6 is 0 Å². The Morgan fingerprint density at radius 3 is 2.85 bits per heavy atom. The molecule has 7 nitrogen and oxygen atoms in total. The van der Waals surface area contributed by atoms with Crippen LogP contribution in [0.3, 0.4) is 0 Å². The molecule has 130 valence electrons. The molecule has 4 rings (SSSR count). The fraction of sp³-hybridized carbons (Fsp3) is 0.105. The highest BCUT2D eigenvalue weighted by Crippen LogP contribution is 2.39. The Labute approximate surface area is 149 Å². The number of benzene rings is 1. The van der Waals surface area contributed by atoms with Crippen molar-refractivity contribution in [2.45, 2.75) is 12.8 Å². The van der Waals surface area contributed by atoms with Crippen molar-refractivity contribution in [3.8, 4) is 23.1 Å². The highest BCUT2D eigenvalue weighted by atomic mass is 16.6. The van der Waals surface area contributed by atoms with Gasteiger partial charge in [0.2, 0.25) is 5.88 Å². The van der Waals surface area contributed by atoms with Gasteiger partial charge in [-0.25, -0.2) is 4.98 Å². The van der Waals surface area contributed by atoms with E-state index in [0.717, 1.165) is 24.6 Å². The summed E-state index contributed by atoms with van der Waals surface area (Å²) in [5.41, 5.74) is 0.998. The van der Waals surface area contributed by atoms with Crippen molar-refractivity contribution in [3.63, 3.8) is 0 Å². The van der Waals surface area contributed by atoms with E-state index in [1.54, 1.807) is 24.5 Å². The first kappa shape index (κ1) is 15.9. The van der Waals surface area contributed by atoms with Crippen molar-refractivity contribution >= 4 is 5.69 Å². The maximum absolute atomic E-state index is 10.7. The monoisotopic (exact) mass is 350 g/mol. The van der Waals surface area contributed by atoms with Crippen molar-refractivity contribution in [2.75, 3.05) is 0 Å². The molecule has 0 atom stereocenters. The molecule has 0 radical (unpaired) electrons. The SMILES string of the molecule is O=[N+]([O-])c1ccc(Oc2ccc3c(c2)OC=C(C2=CC=CCC2)O3)nc1. The summed E-state index contributed by atoms with van der Waals surface area (Å²) in [6.45, 7) is 0. The summed E-state index contributed by atoms with van der Waals surface area (Å²) in [4.78, 5) is 14.1. The summed E-state index contributed by atoms with van der Waals surface area (Å²) < 4.78 is 17.2. The predicted octanol–water partition coefficient (Wildman–Crippen LogP) is 4.67. The van der Waals surface area contributed by atoms with Crippen LogP contribution in [0, 0.1) is 10.1 Å². The van der Waals surface area contributed by atoms with Gasteiger partial charge in [-0.2, -0.15) is 0 Å².